The van der Waals surface area contributed by atoms with E-state index in [0.29, 0.717) is 0 Å². The second-order valence-corrected chi connectivity index (χ2v) is 5.11. The minimum Gasteiger partial charge on any atom is -0.480 e. The van der Waals surface area contributed by atoms with Crippen LogP contribution in [0.15, 0.2) is 0 Å². The number of hydrogen-bond donors (Lipinski definition) is 3. The van der Waals surface area contributed by atoms with Crippen molar-refractivity contribution in [2.75, 3.05) is 13.1 Å². The zero-order chi connectivity index (χ0) is 15.1. The highest BCUT2D eigenvalue weighted by Gasteiger charge is 2.33. The number of urea groups is 1. The molecule has 7 heteroatoms. The van der Waals surface area contributed by atoms with E-state index in [1.165, 1.54) is 4.90 Å². The van der Waals surface area contributed by atoms with E-state index in [1.807, 2.05) is 13.8 Å². The lowest BCUT2D eigenvalue weighted by Crippen LogP contribution is -2.45. The SMILES string of the molecule is CCC(C)NC(=O)CCNC(=O)N(CC(=O)O)C1CC1. The molecule has 0 heterocycles. The summed E-state index contributed by atoms with van der Waals surface area (Å²) in [5.74, 6) is -1.14. The number of carbonyl (C=O) groups excluding carboxylic acids is 2. The summed E-state index contributed by atoms with van der Waals surface area (Å²) >= 11 is 0. The minimum absolute atomic E-state index is 0.0278. The van der Waals surface area contributed by atoms with Gasteiger partial charge in [0.2, 0.25) is 5.91 Å². The molecule has 3 N–H and O–H groups in total. The van der Waals surface area contributed by atoms with Gasteiger partial charge in [-0.3, -0.25) is 9.59 Å². The smallest absolute Gasteiger partial charge is 0.323 e. The summed E-state index contributed by atoms with van der Waals surface area (Å²) in [6.45, 7) is 3.81. The highest BCUT2D eigenvalue weighted by molar-refractivity contribution is 5.81. The van der Waals surface area contributed by atoms with E-state index in [4.69, 9.17) is 5.11 Å². The van der Waals surface area contributed by atoms with Gasteiger partial charge in [0.05, 0.1) is 0 Å². The fraction of sp³-hybridized carbons (Fsp3) is 0.769. The number of carboxylic acid groups (broad SMARTS) is 1. The molecule has 0 aromatic rings. The van der Waals surface area contributed by atoms with Crippen LogP contribution in [0.4, 0.5) is 4.79 Å². The Morgan fingerprint density at radius 2 is 2.00 bits per heavy atom. The van der Waals surface area contributed by atoms with E-state index in [1.54, 1.807) is 0 Å². The number of carboxylic acids is 1. The fourth-order valence-corrected chi connectivity index (χ4v) is 1.73. The molecule has 1 rings (SSSR count). The molecule has 1 aliphatic carbocycles. The third kappa shape index (κ3) is 5.90. The molecule has 7 nitrogen and oxygen atoms in total. The first kappa shape index (κ1) is 16.3. The molecule has 20 heavy (non-hydrogen) atoms. The van der Waals surface area contributed by atoms with Gasteiger partial charge in [0, 0.05) is 25.0 Å². The van der Waals surface area contributed by atoms with Crippen molar-refractivity contribution >= 4 is 17.9 Å². The van der Waals surface area contributed by atoms with Gasteiger partial charge >= 0.3 is 12.0 Å². The van der Waals surface area contributed by atoms with E-state index in [9.17, 15) is 14.4 Å². The summed E-state index contributed by atoms with van der Waals surface area (Å²) in [6.07, 6.45) is 2.73. The van der Waals surface area contributed by atoms with Crippen LogP contribution in [0.25, 0.3) is 0 Å². The Bertz CT molecular complexity index is 369. The van der Waals surface area contributed by atoms with Gasteiger partial charge in [0.15, 0.2) is 0 Å². The van der Waals surface area contributed by atoms with Crippen molar-refractivity contribution in [3.05, 3.63) is 0 Å². The van der Waals surface area contributed by atoms with Gasteiger partial charge in [-0.05, 0) is 26.2 Å². The maximum absolute atomic E-state index is 11.8. The van der Waals surface area contributed by atoms with Gasteiger partial charge in [-0.1, -0.05) is 6.92 Å². The molecule has 0 saturated heterocycles. The highest BCUT2D eigenvalue weighted by Crippen LogP contribution is 2.26. The number of nitrogens with zero attached hydrogens (tertiary/aromatic N) is 1. The molecule has 0 spiro atoms. The van der Waals surface area contributed by atoms with Gasteiger partial charge in [-0.15, -0.1) is 0 Å². The molecule has 0 aliphatic heterocycles. The predicted octanol–water partition coefficient (Wildman–Crippen LogP) is 0.550. The number of carbonyl (C=O) groups is 3. The fourth-order valence-electron chi connectivity index (χ4n) is 1.73. The lowest BCUT2D eigenvalue weighted by molar-refractivity contribution is -0.137. The topological polar surface area (TPSA) is 98.7 Å². The van der Waals surface area contributed by atoms with E-state index < -0.39 is 12.0 Å². The maximum atomic E-state index is 11.8. The molecular formula is C13H23N3O4. The number of amides is 3. The average molecular weight is 285 g/mol. The first-order valence-electron chi connectivity index (χ1n) is 6.99. The predicted molar refractivity (Wildman–Crippen MR) is 73.3 cm³/mol. The molecule has 0 radical (unpaired) electrons. The zero-order valence-corrected chi connectivity index (χ0v) is 12.0. The average Bonchev–Trinajstić information content (AvgIpc) is 3.19. The number of hydrogen-bond acceptors (Lipinski definition) is 3. The molecular weight excluding hydrogens is 262 g/mol. The van der Waals surface area contributed by atoms with Crippen molar-refractivity contribution < 1.29 is 19.5 Å². The standard InChI is InChI=1S/C13H23N3O4/c1-3-9(2)15-11(17)6-7-14-13(20)16(8-12(18)19)10-4-5-10/h9-10H,3-8H2,1-2H3,(H,14,20)(H,15,17)(H,18,19). The maximum Gasteiger partial charge on any atom is 0.323 e. The van der Waals surface area contributed by atoms with Crippen LogP contribution in [-0.2, 0) is 9.59 Å². The summed E-state index contributed by atoms with van der Waals surface area (Å²) in [6, 6.07) is -0.264. The first-order valence-corrected chi connectivity index (χ1v) is 6.99. The lowest BCUT2D eigenvalue weighted by Gasteiger charge is -2.20. The van der Waals surface area contributed by atoms with Crippen molar-refractivity contribution in [3.8, 4) is 0 Å². The number of aliphatic carboxylic acids is 1. The van der Waals surface area contributed by atoms with Crippen LogP contribution in [0.5, 0.6) is 0 Å². The van der Waals surface area contributed by atoms with Crippen LogP contribution in [0, 0.1) is 0 Å². The molecule has 0 bridgehead atoms. The van der Waals surface area contributed by atoms with Crippen LogP contribution >= 0.6 is 0 Å². The monoisotopic (exact) mass is 285 g/mol. The van der Waals surface area contributed by atoms with Crippen LogP contribution in [-0.4, -0.2) is 53.1 Å². The first-order chi connectivity index (χ1) is 9.43. The summed E-state index contributed by atoms with van der Waals surface area (Å²) in [5, 5.41) is 14.2. The largest absolute Gasteiger partial charge is 0.480 e. The molecule has 0 aromatic carbocycles. The van der Waals surface area contributed by atoms with Crippen LogP contribution in [0.2, 0.25) is 0 Å². The Morgan fingerprint density at radius 3 is 2.50 bits per heavy atom. The molecule has 1 saturated carbocycles. The Morgan fingerprint density at radius 1 is 1.35 bits per heavy atom. The summed E-state index contributed by atoms with van der Waals surface area (Å²) in [5.41, 5.74) is 0. The van der Waals surface area contributed by atoms with Crippen LogP contribution < -0.4 is 10.6 Å². The number of rotatable bonds is 8. The quantitative estimate of drug-likeness (QED) is 0.606. The van der Waals surface area contributed by atoms with Crippen molar-refractivity contribution in [1.29, 1.82) is 0 Å². The Kier molecular flexibility index (Phi) is 6.27. The van der Waals surface area contributed by atoms with E-state index >= 15 is 0 Å². The highest BCUT2D eigenvalue weighted by atomic mass is 16.4. The normalized spacial score (nSPS) is 15.3. The van der Waals surface area contributed by atoms with Crippen molar-refractivity contribution in [1.82, 2.24) is 15.5 Å². The number of nitrogens with one attached hydrogen (secondary N) is 2. The van der Waals surface area contributed by atoms with Gasteiger partial charge in [-0.25, -0.2) is 4.79 Å². The van der Waals surface area contributed by atoms with Crippen molar-refractivity contribution in [3.63, 3.8) is 0 Å². The Labute approximate surface area is 118 Å². The van der Waals surface area contributed by atoms with Crippen molar-refractivity contribution in [2.45, 2.75) is 51.6 Å². The molecule has 1 aliphatic rings. The van der Waals surface area contributed by atoms with Crippen LogP contribution in [0.1, 0.15) is 39.5 Å². The summed E-state index contributed by atoms with van der Waals surface area (Å²) in [7, 11) is 0. The van der Waals surface area contributed by atoms with Gasteiger partial charge in [0.25, 0.3) is 0 Å². The second kappa shape index (κ2) is 7.72. The summed E-state index contributed by atoms with van der Waals surface area (Å²) < 4.78 is 0. The van der Waals surface area contributed by atoms with Gasteiger partial charge in [-0.2, -0.15) is 0 Å². The molecule has 0 aromatic heterocycles. The second-order valence-electron chi connectivity index (χ2n) is 5.11. The van der Waals surface area contributed by atoms with Gasteiger partial charge in [0.1, 0.15) is 6.54 Å². The molecule has 1 fully saturated rings. The van der Waals surface area contributed by atoms with E-state index in [-0.39, 0.29) is 37.5 Å². The third-order valence-electron chi connectivity index (χ3n) is 3.20. The Balaban J connectivity index is 2.27. The van der Waals surface area contributed by atoms with Crippen LogP contribution in [0.3, 0.4) is 0 Å². The van der Waals surface area contributed by atoms with E-state index in [0.717, 1.165) is 19.3 Å². The van der Waals surface area contributed by atoms with Crippen molar-refractivity contribution in [2.24, 2.45) is 0 Å². The lowest BCUT2D eigenvalue weighted by atomic mass is 10.2. The Hall–Kier alpha value is -1.79. The van der Waals surface area contributed by atoms with E-state index in [2.05, 4.69) is 10.6 Å². The third-order valence-corrected chi connectivity index (χ3v) is 3.20. The summed E-state index contributed by atoms with van der Waals surface area (Å²) in [4.78, 5) is 35.4. The molecule has 1 unspecified atom stereocenters. The minimum atomic E-state index is -1.03. The molecule has 114 valence electrons. The molecule has 3 amide bonds. The zero-order valence-electron chi connectivity index (χ0n) is 12.0. The molecule has 1 atom stereocenters. The van der Waals surface area contributed by atoms with Gasteiger partial charge < -0.3 is 20.6 Å².